The number of carbonyl (C=O) groups is 1. The van der Waals surface area contributed by atoms with Crippen molar-refractivity contribution >= 4 is 15.7 Å². The third-order valence-electron chi connectivity index (χ3n) is 5.21. The van der Waals surface area contributed by atoms with Gasteiger partial charge in [-0.2, -0.15) is 0 Å². The summed E-state index contributed by atoms with van der Waals surface area (Å²) in [4.78, 5) is 17.0. The van der Waals surface area contributed by atoms with Gasteiger partial charge < -0.3 is 10.2 Å². The van der Waals surface area contributed by atoms with Crippen molar-refractivity contribution in [2.45, 2.75) is 24.3 Å². The highest BCUT2D eigenvalue weighted by Crippen LogP contribution is 2.21. The topological polar surface area (TPSA) is 69.7 Å². The standard InChI is InChI=1S/C18H26FN3O3S/c1-14(13-26(24,25)17-4-2-15(19)3-5-17)18(23)22-9-6-16(12-22)21-10-7-20-8-11-21/h2-5,14,16,20H,6-13H2,1H3. The highest BCUT2D eigenvalue weighted by Gasteiger charge is 2.34. The third-order valence-corrected chi connectivity index (χ3v) is 7.14. The molecule has 0 saturated carbocycles. The molecule has 2 unspecified atom stereocenters. The lowest BCUT2D eigenvalue weighted by atomic mass is 10.2. The van der Waals surface area contributed by atoms with Crippen LogP contribution >= 0.6 is 0 Å². The Kier molecular flexibility index (Phi) is 5.94. The first kappa shape index (κ1) is 19.3. The number of hydrogen-bond donors (Lipinski definition) is 1. The lowest BCUT2D eigenvalue weighted by Gasteiger charge is -2.32. The molecule has 2 heterocycles. The quantitative estimate of drug-likeness (QED) is 0.760. The summed E-state index contributed by atoms with van der Waals surface area (Å²) in [7, 11) is -3.62. The number of nitrogens with one attached hydrogen (secondary N) is 1. The van der Waals surface area contributed by atoms with E-state index in [-0.39, 0.29) is 16.6 Å². The molecule has 0 aliphatic carbocycles. The number of likely N-dealkylation sites (tertiary alicyclic amines) is 1. The van der Waals surface area contributed by atoms with E-state index in [1.54, 1.807) is 11.8 Å². The lowest BCUT2D eigenvalue weighted by molar-refractivity contribution is -0.133. The molecule has 2 atom stereocenters. The molecule has 0 bridgehead atoms. The van der Waals surface area contributed by atoms with Crippen molar-refractivity contribution in [1.82, 2.24) is 15.1 Å². The van der Waals surface area contributed by atoms with E-state index in [0.29, 0.717) is 19.1 Å². The maximum atomic E-state index is 13.0. The van der Waals surface area contributed by atoms with E-state index in [1.165, 1.54) is 12.1 Å². The van der Waals surface area contributed by atoms with Gasteiger partial charge in [-0.15, -0.1) is 0 Å². The highest BCUT2D eigenvalue weighted by molar-refractivity contribution is 7.91. The summed E-state index contributed by atoms with van der Waals surface area (Å²) in [5.74, 6) is -1.48. The second-order valence-corrected chi connectivity index (χ2v) is 9.18. The Morgan fingerprint density at radius 1 is 1.23 bits per heavy atom. The Hall–Kier alpha value is -1.51. The summed E-state index contributed by atoms with van der Waals surface area (Å²) in [6, 6.07) is 5.11. The first-order valence-electron chi connectivity index (χ1n) is 9.09. The van der Waals surface area contributed by atoms with Gasteiger partial charge in [-0.25, -0.2) is 12.8 Å². The van der Waals surface area contributed by atoms with Crippen LogP contribution in [0, 0.1) is 11.7 Å². The Bertz CT molecular complexity index is 733. The van der Waals surface area contributed by atoms with Crippen molar-refractivity contribution in [3.8, 4) is 0 Å². The summed E-state index contributed by atoms with van der Waals surface area (Å²) in [6.07, 6.45) is 0.934. The zero-order valence-corrected chi connectivity index (χ0v) is 15.8. The van der Waals surface area contributed by atoms with Gasteiger partial charge in [-0.3, -0.25) is 9.69 Å². The van der Waals surface area contributed by atoms with Gasteiger partial charge >= 0.3 is 0 Å². The molecule has 144 valence electrons. The van der Waals surface area contributed by atoms with E-state index in [4.69, 9.17) is 0 Å². The maximum Gasteiger partial charge on any atom is 0.226 e. The fourth-order valence-electron chi connectivity index (χ4n) is 3.74. The summed E-state index contributed by atoms with van der Waals surface area (Å²) in [5, 5.41) is 3.32. The molecule has 2 aliphatic rings. The van der Waals surface area contributed by atoms with Crippen molar-refractivity contribution in [3.63, 3.8) is 0 Å². The van der Waals surface area contributed by atoms with Crippen molar-refractivity contribution < 1.29 is 17.6 Å². The molecule has 1 aromatic carbocycles. The molecule has 2 fully saturated rings. The second kappa shape index (κ2) is 8.02. The van der Waals surface area contributed by atoms with E-state index in [2.05, 4.69) is 10.2 Å². The fourth-order valence-corrected chi connectivity index (χ4v) is 5.28. The highest BCUT2D eigenvalue weighted by atomic mass is 32.2. The van der Waals surface area contributed by atoms with Gasteiger partial charge in [-0.1, -0.05) is 6.92 Å². The summed E-state index contributed by atoms with van der Waals surface area (Å²) in [5.41, 5.74) is 0. The molecule has 1 amide bonds. The van der Waals surface area contributed by atoms with Gasteiger partial charge in [0.2, 0.25) is 5.91 Å². The predicted octanol–water partition coefficient (Wildman–Crippen LogP) is 0.742. The molecule has 3 rings (SSSR count). The van der Waals surface area contributed by atoms with Crippen LogP contribution in [0.25, 0.3) is 0 Å². The Labute approximate surface area is 154 Å². The van der Waals surface area contributed by atoms with Crippen LogP contribution in [0.1, 0.15) is 13.3 Å². The zero-order chi connectivity index (χ0) is 18.7. The Morgan fingerprint density at radius 3 is 2.54 bits per heavy atom. The predicted molar refractivity (Wildman–Crippen MR) is 97.0 cm³/mol. The largest absolute Gasteiger partial charge is 0.341 e. The lowest BCUT2D eigenvalue weighted by Crippen LogP contribution is -2.49. The molecule has 2 saturated heterocycles. The molecule has 6 nitrogen and oxygen atoms in total. The van der Waals surface area contributed by atoms with Crippen LogP contribution in [0.15, 0.2) is 29.2 Å². The van der Waals surface area contributed by atoms with Gasteiger partial charge in [0.25, 0.3) is 0 Å². The van der Waals surface area contributed by atoms with Gasteiger partial charge in [-0.05, 0) is 30.7 Å². The van der Waals surface area contributed by atoms with Gasteiger partial charge in [0.15, 0.2) is 9.84 Å². The van der Waals surface area contributed by atoms with E-state index >= 15 is 0 Å². The molecule has 0 radical (unpaired) electrons. The van der Waals surface area contributed by atoms with Gasteiger partial charge in [0, 0.05) is 51.2 Å². The van der Waals surface area contributed by atoms with Crippen LogP contribution in [-0.2, 0) is 14.6 Å². The molecule has 2 aliphatic heterocycles. The smallest absolute Gasteiger partial charge is 0.226 e. The van der Waals surface area contributed by atoms with Gasteiger partial charge in [0.1, 0.15) is 5.82 Å². The number of nitrogens with zero attached hydrogens (tertiary/aromatic N) is 2. The minimum Gasteiger partial charge on any atom is -0.341 e. The van der Waals surface area contributed by atoms with Crippen LogP contribution in [0.5, 0.6) is 0 Å². The number of halogens is 1. The molecule has 1 N–H and O–H groups in total. The van der Waals surface area contributed by atoms with Crippen LogP contribution < -0.4 is 5.32 Å². The molecule has 8 heteroatoms. The first-order chi connectivity index (χ1) is 12.4. The number of carbonyl (C=O) groups excluding carboxylic acids is 1. The van der Waals surface area contributed by atoms with Gasteiger partial charge in [0.05, 0.1) is 10.6 Å². The van der Waals surface area contributed by atoms with Crippen LogP contribution in [-0.4, -0.2) is 75.2 Å². The summed E-state index contributed by atoms with van der Waals surface area (Å²) >= 11 is 0. The monoisotopic (exact) mass is 383 g/mol. The number of rotatable bonds is 5. The summed E-state index contributed by atoms with van der Waals surface area (Å²) in [6.45, 7) is 6.91. The molecular weight excluding hydrogens is 357 g/mol. The van der Waals surface area contributed by atoms with Crippen LogP contribution in [0.2, 0.25) is 0 Å². The minimum absolute atomic E-state index is 0.0543. The maximum absolute atomic E-state index is 13.0. The minimum atomic E-state index is -3.62. The van der Waals surface area contributed by atoms with Crippen molar-refractivity contribution in [2.24, 2.45) is 5.92 Å². The van der Waals surface area contributed by atoms with Crippen molar-refractivity contribution in [1.29, 1.82) is 0 Å². The van der Waals surface area contributed by atoms with E-state index in [9.17, 15) is 17.6 Å². The van der Waals surface area contributed by atoms with E-state index in [1.807, 2.05) is 0 Å². The molecule has 0 aromatic heterocycles. The van der Waals surface area contributed by atoms with Crippen LogP contribution in [0.3, 0.4) is 0 Å². The number of piperazine rings is 1. The average molecular weight is 383 g/mol. The van der Waals surface area contributed by atoms with E-state index in [0.717, 1.165) is 44.7 Å². The number of hydrogen-bond acceptors (Lipinski definition) is 5. The average Bonchev–Trinajstić information content (AvgIpc) is 3.12. The zero-order valence-electron chi connectivity index (χ0n) is 15.0. The molecule has 1 aromatic rings. The van der Waals surface area contributed by atoms with E-state index < -0.39 is 21.6 Å². The Morgan fingerprint density at radius 2 is 1.88 bits per heavy atom. The second-order valence-electron chi connectivity index (χ2n) is 7.15. The number of benzene rings is 1. The van der Waals surface area contributed by atoms with Crippen LogP contribution in [0.4, 0.5) is 4.39 Å². The third kappa shape index (κ3) is 4.42. The van der Waals surface area contributed by atoms with Crippen molar-refractivity contribution in [2.75, 3.05) is 45.0 Å². The Balaban J connectivity index is 1.58. The molecule has 0 spiro atoms. The number of sulfone groups is 1. The summed E-state index contributed by atoms with van der Waals surface area (Å²) < 4.78 is 37.9. The molecular formula is C18H26FN3O3S. The number of amides is 1. The first-order valence-corrected chi connectivity index (χ1v) is 10.7. The SMILES string of the molecule is CC(CS(=O)(=O)c1ccc(F)cc1)C(=O)N1CCC(N2CCNCC2)C1. The normalized spacial score (nSPS) is 23.2. The molecule has 26 heavy (non-hydrogen) atoms. The van der Waals surface area contributed by atoms with Crippen molar-refractivity contribution in [3.05, 3.63) is 30.1 Å². The fraction of sp³-hybridized carbons (Fsp3) is 0.611.